The van der Waals surface area contributed by atoms with Gasteiger partial charge in [-0.25, -0.2) is 13.4 Å². The van der Waals surface area contributed by atoms with Gasteiger partial charge in [0.15, 0.2) is 9.84 Å². The second-order valence-corrected chi connectivity index (χ2v) is 12.9. The molecule has 0 radical (unpaired) electrons. The number of rotatable bonds is 7. The van der Waals surface area contributed by atoms with Gasteiger partial charge in [-0.15, -0.1) is 0 Å². The summed E-state index contributed by atoms with van der Waals surface area (Å²) in [5.74, 6) is 1.26. The Morgan fingerprint density at radius 1 is 0.951 bits per heavy atom. The third kappa shape index (κ3) is 7.08. The Morgan fingerprint density at radius 2 is 1.68 bits per heavy atom. The molecule has 2 aliphatic heterocycles. The summed E-state index contributed by atoms with van der Waals surface area (Å²) in [5.41, 5.74) is 6.57. The number of sulfone groups is 1. The molecule has 1 atom stereocenters. The second kappa shape index (κ2) is 12.6. The van der Waals surface area contributed by atoms with Gasteiger partial charge in [-0.1, -0.05) is 42.5 Å². The van der Waals surface area contributed by atoms with Crippen molar-refractivity contribution in [2.45, 2.75) is 25.4 Å². The number of amides is 1. The largest absolute Gasteiger partial charge is 0.341 e. The fourth-order valence-corrected chi connectivity index (χ4v) is 6.60. The van der Waals surface area contributed by atoms with Crippen LogP contribution >= 0.6 is 13.5 Å². The van der Waals surface area contributed by atoms with Gasteiger partial charge in [-0.2, -0.15) is 13.5 Å². The number of hydrogen-bond acceptors (Lipinski definition) is 6. The summed E-state index contributed by atoms with van der Waals surface area (Å²) in [6.45, 7) is 2.85. The third-order valence-electron chi connectivity index (χ3n) is 7.69. The molecule has 2 aliphatic rings. The van der Waals surface area contributed by atoms with E-state index in [9.17, 15) is 13.2 Å². The second-order valence-electron chi connectivity index (χ2n) is 10.6. The first-order valence-electron chi connectivity index (χ1n) is 13.7. The lowest BCUT2D eigenvalue weighted by molar-refractivity contribution is 0.102. The fourth-order valence-electron chi connectivity index (χ4n) is 5.32. The van der Waals surface area contributed by atoms with Gasteiger partial charge in [0.25, 0.3) is 5.91 Å². The molecule has 3 aromatic carbocycles. The molecule has 0 saturated carbocycles. The van der Waals surface area contributed by atoms with E-state index in [0.717, 1.165) is 52.4 Å². The summed E-state index contributed by atoms with van der Waals surface area (Å²) >= 11 is 0. The molecular formula is C31H35N5O3S2. The lowest BCUT2D eigenvalue weighted by Crippen LogP contribution is -2.39. The molecule has 6 rings (SSSR count). The maximum atomic E-state index is 12.9. The van der Waals surface area contributed by atoms with Crippen LogP contribution in [-0.4, -0.2) is 60.3 Å². The van der Waals surface area contributed by atoms with E-state index in [1.54, 1.807) is 0 Å². The van der Waals surface area contributed by atoms with E-state index < -0.39 is 9.84 Å². The van der Waals surface area contributed by atoms with Gasteiger partial charge >= 0.3 is 0 Å². The van der Waals surface area contributed by atoms with Crippen molar-refractivity contribution in [1.29, 1.82) is 0 Å². The van der Waals surface area contributed by atoms with E-state index >= 15 is 0 Å². The van der Waals surface area contributed by atoms with Crippen LogP contribution in [0.1, 0.15) is 40.6 Å². The van der Waals surface area contributed by atoms with Crippen molar-refractivity contribution < 1.29 is 13.2 Å². The smallest absolute Gasteiger partial charge is 0.255 e. The number of benzene rings is 3. The van der Waals surface area contributed by atoms with Gasteiger partial charge in [0, 0.05) is 36.4 Å². The molecule has 0 bridgehead atoms. The number of H-pyrrole nitrogens is 1. The van der Waals surface area contributed by atoms with Crippen molar-refractivity contribution in [2.75, 3.05) is 36.5 Å². The molecule has 1 amide bonds. The monoisotopic (exact) mass is 589 g/mol. The predicted molar refractivity (Wildman–Crippen MR) is 168 cm³/mol. The Morgan fingerprint density at radius 3 is 2.39 bits per heavy atom. The van der Waals surface area contributed by atoms with E-state index in [1.165, 1.54) is 6.42 Å². The quantitative estimate of drug-likeness (QED) is 0.287. The van der Waals surface area contributed by atoms with Crippen LogP contribution in [0.15, 0.2) is 79.0 Å². The molecule has 4 aromatic rings. The third-order valence-corrected chi connectivity index (χ3v) is 9.30. The number of nitrogens with zero attached hydrogens (tertiary/aromatic N) is 2. The lowest BCUT2D eigenvalue weighted by Gasteiger charge is -2.26. The highest BCUT2D eigenvalue weighted by Crippen LogP contribution is 2.28. The highest BCUT2D eigenvalue weighted by atomic mass is 32.2. The SMILES string of the molecule is O=C(Nc1ccc(CN2CCS(=O)(=O)CC2)cc1)c1ccc(-c2cccc(-c3cnc([C@@H]4CCCN4)[nH]3)c2)cc1.S. The van der Waals surface area contributed by atoms with Crippen molar-refractivity contribution in [1.82, 2.24) is 20.2 Å². The Hall–Kier alpha value is -3.44. The van der Waals surface area contributed by atoms with Gasteiger partial charge in [0.05, 0.1) is 29.4 Å². The molecule has 2 saturated heterocycles. The summed E-state index contributed by atoms with van der Waals surface area (Å²) in [7, 11) is -2.88. The molecule has 3 N–H and O–H groups in total. The van der Waals surface area contributed by atoms with Crippen LogP contribution in [-0.2, 0) is 16.4 Å². The summed E-state index contributed by atoms with van der Waals surface area (Å²) in [6, 6.07) is 24.0. The molecule has 10 heteroatoms. The number of nitrogens with one attached hydrogen (secondary N) is 3. The molecule has 0 aliphatic carbocycles. The first-order chi connectivity index (χ1) is 19.4. The summed E-state index contributed by atoms with van der Waals surface area (Å²) in [4.78, 5) is 23.1. The first kappa shape index (κ1) is 29.1. The van der Waals surface area contributed by atoms with Gasteiger partial charge in [-0.05, 0) is 66.4 Å². The van der Waals surface area contributed by atoms with Gasteiger partial charge in [-0.3, -0.25) is 9.69 Å². The Kier molecular flexibility index (Phi) is 8.94. The number of aromatic nitrogens is 2. The minimum absolute atomic E-state index is 0. The van der Waals surface area contributed by atoms with Gasteiger partial charge < -0.3 is 15.6 Å². The highest BCUT2D eigenvalue weighted by Gasteiger charge is 2.22. The molecule has 41 heavy (non-hydrogen) atoms. The first-order valence-corrected chi connectivity index (χ1v) is 15.6. The molecule has 214 valence electrons. The average Bonchev–Trinajstić information content (AvgIpc) is 3.68. The van der Waals surface area contributed by atoms with Crippen molar-refractivity contribution in [3.05, 3.63) is 95.9 Å². The molecule has 0 spiro atoms. The highest BCUT2D eigenvalue weighted by molar-refractivity contribution is 7.91. The van der Waals surface area contributed by atoms with E-state index in [-0.39, 0.29) is 30.9 Å². The maximum absolute atomic E-state index is 12.9. The van der Waals surface area contributed by atoms with E-state index in [2.05, 4.69) is 43.7 Å². The van der Waals surface area contributed by atoms with Crippen LogP contribution < -0.4 is 10.6 Å². The number of carbonyl (C=O) groups excluding carboxylic acids is 1. The van der Waals surface area contributed by atoms with Crippen molar-refractivity contribution in [2.24, 2.45) is 0 Å². The zero-order valence-corrected chi connectivity index (χ0v) is 24.6. The van der Waals surface area contributed by atoms with Crippen molar-refractivity contribution in [3.63, 3.8) is 0 Å². The molecular weight excluding hydrogens is 555 g/mol. The van der Waals surface area contributed by atoms with Crippen LogP contribution in [0.4, 0.5) is 5.69 Å². The van der Waals surface area contributed by atoms with E-state index in [4.69, 9.17) is 0 Å². The Balaban J connectivity index is 0.00000337. The van der Waals surface area contributed by atoms with Gasteiger partial charge in [0.1, 0.15) is 5.82 Å². The topological polar surface area (TPSA) is 107 Å². The summed E-state index contributed by atoms with van der Waals surface area (Å²) < 4.78 is 23.3. The molecule has 8 nitrogen and oxygen atoms in total. The maximum Gasteiger partial charge on any atom is 0.255 e. The fraction of sp³-hybridized carbons (Fsp3) is 0.290. The Bertz CT molecular complexity index is 1580. The van der Waals surface area contributed by atoms with Crippen LogP contribution in [0.2, 0.25) is 0 Å². The number of imidazole rings is 1. The number of hydrogen-bond donors (Lipinski definition) is 3. The predicted octanol–water partition coefficient (Wildman–Crippen LogP) is 4.76. The Labute approximate surface area is 248 Å². The zero-order valence-electron chi connectivity index (χ0n) is 22.8. The van der Waals surface area contributed by atoms with Gasteiger partial charge in [0.2, 0.25) is 0 Å². The molecule has 1 aromatic heterocycles. The zero-order chi connectivity index (χ0) is 27.5. The summed E-state index contributed by atoms with van der Waals surface area (Å²) in [5, 5.41) is 6.45. The number of carbonyl (C=O) groups is 1. The molecule has 3 heterocycles. The average molecular weight is 590 g/mol. The van der Waals surface area contributed by atoms with Crippen LogP contribution in [0.25, 0.3) is 22.4 Å². The van der Waals surface area contributed by atoms with Crippen molar-refractivity contribution in [3.8, 4) is 22.4 Å². The van der Waals surface area contributed by atoms with E-state index in [0.29, 0.717) is 31.2 Å². The standard InChI is InChI=1S/C31H33N5O3S.H2S/c37-31(34-27-12-6-22(7-13-27)21-36-15-17-40(38,39)18-16-36)24-10-8-23(9-11-24)25-3-1-4-26(19-25)29-20-33-30(35-29)28-5-2-14-32-28;/h1,3-4,6-13,19-20,28,32H,2,5,14-18,21H2,(H,33,35)(H,34,37);1H2/t28-;/m0./s1. The lowest BCUT2D eigenvalue weighted by atomic mass is 10.0. The number of aromatic amines is 1. The van der Waals surface area contributed by atoms with Crippen LogP contribution in [0, 0.1) is 0 Å². The van der Waals surface area contributed by atoms with Crippen molar-refractivity contribution >= 4 is 34.9 Å². The van der Waals surface area contributed by atoms with Crippen LogP contribution in [0.3, 0.4) is 0 Å². The summed E-state index contributed by atoms with van der Waals surface area (Å²) in [6.07, 6.45) is 4.17. The van der Waals surface area contributed by atoms with Crippen LogP contribution in [0.5, 0.6) is 0 Å². The minimum Gasteiger partial charge on any atom is -0.341 e. The molecule has 0 unspecified atom stereocenters. The minimum atomic E-state index is -2.88. The molecule has 2 fully saturated rings. The van der Waals surface area contributed by atoms with E-state index in [1.807, 2.05) is 60.8 Å². The normalized spacial score (nSPS) is 18.5. The number of anilines is 1.